The summed E-state index contributed by atoms with van der Waals surface area (Å²) >= 11 is 19.1. The fourth-order valence-corrected chi connectivity index (χ4v) is 4.67. The van der Waals surface area contributed by atoms with Crippen molar-refractivity contribution in [1.29, 1.82) is 0 Å². The highest BCUT2D eigenvalue weighted by Gasteiger charge is 2.25. The van der Waals surface area contributed by atoms with E-state index in [-0.39, 0.29) is 28.0 Å². The number of ether oxygens (including phenoxy) is 1. The predicted molar refractivity (Wildman–Crippen MR) is 124 cm³/mol. The molecule has 0 radical (unpaired) electrons. The van der Waals surface area contributed by atoms with Gasteiger partial charge in [0.1, 0.15) is 23.0 Å². The van der Waals surface area contributed by atoms with E-state index in [1.807, 2.05) is 5.32 Å². The lowest BCUT2D eigenvalue weighted by molar-refractivity contribution is 0.0844. The van der Waals surface area contributed by atoms with E-state index in [9.17, 15) is 18.4 Å². The van der Waals surface area contributed by atoms with Crippen LogP contribution in [-0.4, -0.2) is 16.8 Å². The Kier molecular flexibility index (Phi) is 6.81. The number of fused-ring (bicyclic) bond motifs is 1. The smallest absolute Gasteiger partial charge is 0.264 e. The number of halogens is 5. The molecule has 5 nitrogen and oxygen atoms in total. The first-order valence-corrected chi connectivity index (χ1v) is 11.1. The molecule has 11 heteroatoms. The van der Waals surface area contributed by atoms with Crippen molar-refractivity contribution in [2.75, 3.05) is 0 Å². The lowest BCUT2D eigenvalue weighted by Crippen LogP contribution is -2.32. The molecule has 0 bridgehead atoms. The molecule has 4 aromatic rings. The highest BCUT2D eigenvalue weighted by molar-refractivity contribution is 7.18. The van der Waals surface area contributed by atoms with Crippen molar-refractivity contribution in [2.45, 2.75) is 6.61 Å². The monoisotopic (exact) mass is 526 g/mol. The molecular formula is C22H11Cl3F2N2O3S. The number of benzene rings is 3. The normalized spacial score (nSPS) is 10.9. The second-order valence-electron chi connectivity index (χ2n) is 6.62. The average Bonchev–Trinajstić information content (AvgIpc) is 3.15. The summed E-state index contributed by atoms with van der Waals surface area (Å²) in [4.78, 5) is 29.2. The van der Waals surface area contributed by atoms with Crippen LogP contribution in [0.1, 0.15) is 25.7 Å². The topological polar surface area (TPSA) is 68.3 Å². The lowest BCUT2D eigenvalue weighted by Gasteiger charge is -2.11. The highest BCUT2D eigenvalue weighted by atomic mass is 35.5. The Bertz CT molecular complexity index is 1390. The molecule has 33 heavy (non-hydrogen) atoms. The molecule has 1 N–H and O–H groups in total. The van der Waals surface area contributed by atoms with Crippen molar-refractivity contribution < 1.29 is 23.1 Å². The Hall–Kier alpha value is -2.78. The van der Waals surface area contributed by atoms with Gasteiger partial charge in [-0.2, -0.15) is 0 Å². The van der Waals surface area contributed by atoms with Crippen LogP contribution in [0.5, 0.6) is 5.75 Å². The van der Waals surface area contributed by atoms with Crippen molar-refractivity contribution in [2.24, 2.45) is 0 Å². The fourth-order valence-electron chi connectivity index (χ4n) is 2.94. The van der Waals surface area contributed by atoms with Gasteiger partial charge in [-0.3, -0.25) is 14.9 Å². The number of amides is 2. The molecule has 1 heterocycles. The summed E-state index contributed by atoms with van der Waals surface area (Å²) in [6.07, 6.45) is 0. The average molecular weight is 528 g/mol. The van der Waals surface area contributed by atoms with Crippen molar-refractivity contribution in [3.63, 3.8) is 0 Å². The van der Waals surface area contributed by atoms with Crippen LogP contribution in [0.15, 0.2) is 48.5 Å². The minimum absolute atomic E-state index is 0.0250. The number of aromatic nitrogens is 1. The molecule has 0 aliphatic heterocycles. The van der Waals surface area contributed by atoms with E-state index in [1.165, 1.54) is 29.5 Å². The van der Waals surface area contributed by atoms with E-state index in [1.54, 1.807) is 18.2 Å². The van der Waals surface area contributed by atoms with Crippen LogP contribution in [0, 0.1) is 11.6 Å². The van der Waals surface area contributed by atoms with E-state index in [0.717, 1.165) is 16.8 Å². The van der Waals surface area contributed by atoms with Crippen molar-refractivity contribution >= 4 is 68.2 Å². The number of thiazole rings is 1. The zero-order valence-electron chi connectivity index (χ0n) is 16.3. The van der Waals surface area contributed by atoms with E-state index in [2.05, 4.69) is 4.98 Å². The maximum absolute atomic E-state index is 14.9. The number of hydrogen-bond acceptors (Lipinski definition) is 5. The predicted octanol–water partition coefficient (Wildman–Crippen LogP) is 6.68. The molecule has 3 aromatic carbocycles. The summed E-state index contributed by atoms with van der Waals surface area (Å²) in [5.74, 6) is -5.15. The van der Waals surface area contributed by atoms with Gasteiger partial charge in [-0.05, 0) is 42.5 Å². The number of nitrogens with one attached hydrogen (secondary N) is 1. The minimum atomic E-state index is -1.31. The maximum atomic E-state index is 14.9. The van der Waals surface area contributed by atoms with Gasteiger partial charge in [0.05, 0.1) is 25.8 Å². The molecule has 0 unspecified atom stereocenters. The second-order valence-corrected chi connectivity index (χ2v) is 8.99. The summed E-state index contributed by atoms with van der Waals surface area (Å²) in [6, 6.07) is 11.3. The third-order valence-corrected chi connectivity index (χ3v) is 6.30. The van der Waals surface area contributed by atoms with E-state index in [4.69, 9.17) is 39.5 Å². The molecule has 1 aromatic heterocycles. The summed E-state index contributed by atoms with van der Waals surface area (Å²) < 4.78 is 35.5. The van der Waals surface area contributed by atoms with Gasteiger partial charge in [0.2, 0.25) is 0 Å². The van der Waals surface area contributed by atoms with Gasteiger partial charge in [-0.25, -0.2) is 13.8 Å². The largest absolute Gasteiger partial charge is 0.483 e. The molecule has 0 aliphatic carbocycles. The molecule has 0 fully saturated rings. The highest BCUT2D eigenvalue weighted by Crippen LogP contribution is 2.29. The first-order chi connectivity index (χ1) is 15.7. The number of nitrogens with zero attached hydrogens (tertiary/aromatic N) is 1. The Morgan fingerprint density at radius 2 is 1.67 bits per heavy atom. The molecule has 4 rings (SSSR count). The molecule has 0 atom stereocenters. The Labute approximate surface area is 204 Å². The van der Waals surface area contributed by atoms with Crippen LogP contribution in [0.2, 0.25) is 15.1 Å². The third kappa shape index (κ3) is 4.94. The maximum Gasteiger partial charge on any atom is 0.264 e. The second kappa shape index (κ2) is 9.61. The number of carbonyl (C=O) groups is 2. The number of rotatable bonds is 5. The first kappa shape index (κ1) is 23.4. The Balaban J connectivity index is 1.54. The summed E-state index contributed by atoms with van der Waals surface area (Å²) in [5.41, 5.74) is -0.488. The summed E-state index contributed by atoms with van der Waals surface area (Å²) in [7, 11) is 0. The first-order valence-electron chi connectivity index (χ1n) is 9.20. The zero-order chi connectivity index (χ0) is 23.7. The minimum Gasteiger partial charge on any atom is -0.483 e. The Morgan fingerprint density at radius 1 is 0.970 bits per heavy atom. The molecule has 0 saturated heterocycles. The van der Waals surface area contributed by atoms with Crippen molar-refractivity contribution in [3.05, 3.63) is 91.4 Å². The SMILES string of the molecule is O=C(NC(=O)c1c(F)ccc(OCc2nc3ccc(Cl)cc3s2)c1F)c1c(Cl)cccc1Cl. The van der Waals surface area contributed by atoms with Gasteiger partial charge in [-0.1, -0.05) is 40.9 Å². The van der Waals surface area contributed by atoms with Crippen LogP contribution in [0.3, 0.4) is 0 Å². The van der Waals surface area contributed by atoms with Crippen LogP contribution in [0.4, 0.5) is 8.78 Å². The lowest BCUT2D eigenvalue weighted by atomic mass is 10.1. The molecular weight excluding hydrogens is 517 g/mol. The quantitative estimate of drug-likeness (QED) is 0.294. The third-order valence-electron chi connectivity index (χ3n) is 4.45. The van der Waals surface area contributed by atoms with Gasteiger partial charge in [0, 0.05) is 5.02 Å². The Morgan fingerprint density at radius 3 is 2.39 bits per heavy atom. The van der Waals surface area contributed by atoms with E-state index < -0.39 is 29.0 Å². The number of carbonyl (C=O) groups excluding carboxylic acids is 2. The van der Waals surface area contributed by atoms with Crippen LogP contribution >= 0.6 is 46.1 Å². The number of imide groups is 1. The van der Waals surface area contributed by atoms with Crippen molar-refractivity contribution in [3.8, 4) is 5.75 Å². The van der Waals surface area contributed by atoms with Crippen LogP contribution < -0.4 is 10.1 Å². The van der Waals surface area contributed by atoms with Crippen LogP contribution in [-0.2, 0) is 6.61 Å². The molecule has 168 valence electrons. The van der Waals surface area contributed by atoms with Gasteiger partial charge in [0.25, 0.3) is 11.8 Å². The summed E-state index contributed by atoms with van der Waals surface area (Å²) in [6.45, 7) is -0.130. The van der Waals surface area contributed by atoms with Gasteiger partial charge < -0.3 is 4.74 Å². The van der Waals surface area contributed by atoms with Gasteiger partial charge in [0.15, 0.2) is 11.6 Å². The molecule has 0 aliphatic rings. The van der Waals surface area contributed by atoms with Crippen LogP contribution in [0.25, 0.3) is 10.2 Å². The summed E-state index contributed by atoms with van der Waals surface area (Å²) in [5, 5.41) is 2.91. The van der Waals surface area contributed by atoms with Crippen molar-refractivity contribution in [1.82, 2.24) is 10.3 Å². The van der Waals surface area contributed by atoms with Gasteiger partial charge in [-0.15, -0.1) is 11.3 Å². The zero-order valence-corrected chi connectivity index (χ0v) is 19.4. The number of hydrogen-bond donors (Lipinski definition) is 1. The molecule has 0 saturated carbocycles. The fraction of sp³-hybridized carbons (Fsp3) is 0.0455. The standard InChI is InChI=1S/C22H11Cl3F2N2O3S/c23-10-4-6-14-16(8-10)33-17(28-14)9-32-15-7-5-13(26)19(20(15)27)22(31)29-21(30)18-11(24)2-1-3-12(18)25/h1-8H,9H2,(H,29,30,31). The van der Waals surface area contributed by atoms with E-state index in [0.29, 0.717) is 15.5 Å². The van der Waals surface area contributed by atoms with E-state index >= 15 is 0 Å². The molecule has 0 spiro atoms. The molecule has 2 amide bonds. The van der Waals surface area contributed by atoms with Gasteiger partial charge >= 0.3 is 0 Å².